The summed E-state index contributed by atoms with van der Waals surface area (Å²) in [5.74, 6) is 0. The van der Waals surface area contributed by atoms with Crippen molar-refractivity contribution in [3.05, 3.63) is 148 Å². The van der Waals surface area contributed by atoms with Crippen LogP contribution >= 0.6 is 22.7 Å². The SMILES string of the molecule is CC(C)(C)c1ccc(N2B3c4sc5ccc(C(C)(C)C)cc5c4-n4c5ccc(C(C)(C)C)cc5c5c6sc7ccccc7c6c(c3c54)-c3cc4c(cc32)-c2cc3c(cc2C4(C)C)C(C)(C)CCC3(C)C)cc1. The fourth-order valence-electron chi connectivity index (χ4n) is 13.9. The second-order valence-electron chi connectivity index (χ2n) is 27.2. The molecule has 0 atom stereocenters. The number of fused-ring (bicyclic) bond motifs is 19. The fraction of sp³-hybridized carbons (Fsp3) is 0.343. The first-order valence-corrected chi connectivity index (χ1v) is 28.3. The Hall–Kier alpha value is -5.62. The van der Waals surface area contributed by atoms with Gasteiger partial charge in [0.2, 0.25) is 0 Å². The first-order chi connectivity index (χ1) is 33.8. The van der Waals surface area contributed by atoms with Crippen LogP contribution in [0.3, 0.4) is 0 Å². The monoisotopic (exact) mass is 974 g/mol. The second kappa shape index (κ2) is 14.0. The average Bonchev–Trinajstić information content (AvgIpc) is 4.05. The summed E-state index contributed by atoms with van der Waals surface area (Å²) < 4.78 is 8.29. The lowest BCUT2D eigenvalue weighted by molar-refractivity contribution is 0.331. The zero-order chi connectivity index (χ0) is 50.3. The number of rotatable bonds is 1. The molecule has 0 unspecified atom stereocenters. The predicted molar refractivity (Wildman–Crippen MR) is 317 cm³/mol. The van der Waals surface area contributed by atoms with Crippen molar-refractivity contribution in [1.29, 1.82) is 0 Å². The number of benzene rings is 7. The van der Waals surface area contributed by atoms with Crippen LogP contribution in [0.2, 0.25) is 0 Å². The van der Waals surface area contributed by atoms with E-state index in [9.17, 15) is 0 Å². The zero-order valence-corrected chi connectivity index (χ0v) is 46.7. The maximum absolute atomic E-state index is 2.81. The van der Waals surface area contributed by atoms with Gasteiger partial charge in [-0.15, -0.1) is 22.7 Å². The molecule has 0 bridgehead atoms. The summed E-state index contributed by atoms with van der Waals surface area (Å²) in [5.41, 5.74) is 23.8. The quantitative estimate of drug-likeness (QED) is 0.149. The van der Waals surface area contributed by atoms with Gasteiger partial charge in [-0.1, -0.05) is 152 Å². The van der Waals surface area contributed by atoms with E-state index in [0.717, 1.165) is 0 Å². The summed E-state index contributed by atoms with van der Waals surface area (Å²) in [6, 6.07) is 44.5. The Morgan fingerprint density at radius 2 is 1.08 bits per heavy atom. The van der Waals surface area contributed by atoms with Crippen LogP contribution in [0, 0.1) is 0 Å². The maximum atomic E-state index is 2.81. The van der Waals surface area contributed by atoms with Gasteiger partial charge in [0, 0.05) is 68.2 Å². The summed E-state index contributed by atoms with van der Waals surface area (Å²) in [5, 5.41) is 6.91. The molecule has 72 heavy (non-hydrogen) atoms. The molecule has 0 fully saturated rings. The molecule has 0 radical (unpaired) electrons. The second-order valence-corrected chi connectivity index (χ2v) is 29.4. The number of thiophene rings is 2. The van der Waals surface area contributed by atoms with Gasteiger partial charge in [-0.3, -0.25) is 0 Å². The zero-order valence-electron chi connectivity index (χ0n) is 45.1. The standard InChI is InChI=1S/C67H67BN2S2/c1-62(2,3)36-20-24-39(25-21-36)70-51-34-42-41-32-48-49(66(12,13)29-28-65(48,10)11)35-47(41)67(14,15)46(42)33-44(51)54-55-40-18-16-17-19-52(40)71-60(55)56-43-30-37(63(4,5)6)22-26-50(43)69-58-45-31-38(64(7,8)9)23-27-53(45)72-61(58)68(70)57(54)59(56)69/h16-27,30-35H,28-29H2,1-15H3. The molecule has 3 aromatic heterocycles. The van der Waals surface area contributed by atoms with Crippen LogP contribution in [-0.2, 0) is 32.5 Å². The molecule has 7 aromatic carbocycles. The van der Waals surface area contributed by atoms with E-state index in [1.807, 2.05) is 22.7 Å². The topological polar surface area (TPSA) is 8.17 Å². The smallest absolute Gasteiger partial charge is 0.343 e. The summed E-state index contributed by atoms with van der Waals surface area (Å²) in [6.07, 6.45) is 2.41. The average molecular weight is 975 g/mol. The molecule has 14 rings (SSSR count). The third-order valence-electron chi connectivity index (χ3n) is 18.3. The molecular weight excluding hydrogens is 908 g/mol. The molecular formula is C67H67BN2S2. The molecule has 2 nitrogen and oxygen atoms in total. The molecule has 0 saturated carbocycles. The van der Waals surface area contributed by atoms with Crippen molar-refractivity contribution in [1.82, 2.24) is 4.57 Å². The Morgan fingerprint density at radius 3 is 1.76 bits per heavy atom. The van der Waals surface area contributed by atoms with Gasteiger partial charge >= 0.3 is 6.85 Å². The normalized spacial score (nSPS) is 17.3. The van der Waals surface area contributed by atoms with Gasteiger partial charge in [0.05, 0.1) is 16.7 Å². The summed E-state index contributed by atoms with van der Waals surface area (Å²) in [6.45, 7) is 36.1. The van der Waals surface area contributed by atoms with E-state index in [2.05, 4.69) is 222 Å². The number of hydrogen-bond acceptors (Lipinski definition) is 3. The van der Waals surface area contributed by atoms with Crippen LogP contribution in [0.4, 0.5) is 11.4 Å². The van der Waals surface area contributed by atoms with Gasteiger partial charge in [0.25, 0.3) is 0 Å². The van der Waals surface area contributed by atoms with Crippen molar-refractivity contribution >= 4 is 103 Å². The Bertz CT molecular complexity index is 4070. The minimum atomic E-state index is -0.193. The maximum Gasteiger partial charge on any atom is 0.343 e. The Morgan fingerprint density at radius 1 is 0.514 bits per heavy atom. The highest BCUT2D eigenvalue weighted by Gasteiger charge is 2.50. The largest absolute Gasteiger partial charge is 0.376 e. The van der Waals surface area contributed by atoms with Gasteiger partial charge in [-0.05, 0) is 162 Å². The minimum absolute atomic E-state index is 0.000946. The molecule has 0 N–H and O–H groups in total. The summed E-state index contributed by atoms with van der Waals surface area (Å²) >= 11 is 4.03. The number of hydrogen-bond donors (Lipinski definition) is 0. The molecule has 360 valence electrons. The van der Waals surface area contributed by atoms with E-state index in [4.69, 9.17) is 0 Å². The number of nitrogens with zero attached hydrogens (tertiary/aromatic N) is 2. The first kappa shape index (κ1) is 45.0. The first-order valence-electron chi connectivity index (χ1n) is 26.7. The third kappa shape index (κ3) is 5.84. The van der Waals surface area contributed by atoms with Crippen LogP contribution in [0.15, 0.2) is 109 Å². The molecule has 5 heteroatoms. The van der Waals surface area contributed by atoms with Crippen LogP contribution in [0.1, 0.15) is 156 Å². The van der Waals surface area contributed by atoms with Crippen LogP contribution in [0.25, 0.3) is 80.0 Å². The lowest BCUT2D eigenvalue weighted by atomic mass is 9.46. The van der Waals surface area contributed by atoms with Crippen molar-refractivity contribution in [2.24, 2.45) is 0 Å². The van der Waals surface area contributed by atoms with Crippen LogP contribution in [-0.4, -0.2) is 11.4 Å². The predicted octanol–water partition coefficient (Wildman–Crippen LogP) is 18.2. The van der Waals surface area contributed by atoms with Crippen molar-refractivity contribution in [3.8, 4) is 27.9 Å². The lowest BCUT2D eigenvalue weighted by Gasteiger charge is -2.42. The lowest BCUT2D eigenvalue weighted by Crippen LogP contribution is -2.59. The van der Waals surface area contributed by atoms with Gasteiger partial charge in [0.15, 0.2) is 0 Å². The van der Waals surface area contributed by atoms with Gasteiger partial charge in [-0.25, -0.2) is 0 Å². The van der Waals surface area contributed by atoms with Crippen molar-refractivity contribution in [2.75, 3.05) is 4.81 Å². The van der Waals surface area contributed by atoms with Gasteiger partial charge in [-0.2, -0.15) is 0 Å². The molecule has 0 spiro atoms. The number of aromatic nitrogens is 1. The van der Waals surface area contributed by atoms with Crippen molar-refractivity contribution < 1.29 is 0 Å². The Labute approximate surface area is 435 Å². The molecule has 5 heterocycles. The van der Waals surface area contributed by atoms with E-state index in [1.165, 1.54) is 148 Å². The molecule has 2 aliphatic carbocycles. The highest BCUT2D eigenvalue weighted by molar-refractivity contribution is 7.32. The van der Waals surface area contributed by atoms with Crippen LogP contribution < -0.4 is 15.1 Å². The van der Waals surface area contributed by atoms with Crippen molar-refractivity contribution in [2.45, 2.75) is 149 Å². The van der Waals surface area contributed by atoms with E-state index >= 15 is 0 Å². The highest BCUT2D eigenvalue weighted by Crippen LogP contribution is 2.60. The molecule has 10 aromatic rings. The number of anilines is 2. The molecule has 4 aliphatic rings. The van der Waals surface area contributed by atoms with E-state index in [1.54, 1.807) is 5.56 Å². The van der Waals surface area contributed by atoms with E-state index in [-0.39, 0.29) is 39.3 Å². The Balaban J connectivity index is 1.20. The molecule has 2 aliphatic heterocycles. The molecule has 0 saturated heterocycles. The highest BCUT2D eigenvalue weighted by atomic mass is 32.1. The minimum Gasteiger partial charge on any atom is -0.376 e. The van der Waals surface area contributed by atoms with Crippen LogP contribution in [0.5, 0.6) is 0 Å². The van der Waals surface area contributed by atoms with E-state index in [0.29, 0.717) is 0 Å². The molecule has 0 amide bonds. The van der Waals surface area contributed by atoms with Gasteiger partial charge < -0.3 is 9.38 Å². The van der Waals surface area contributed by atoms with Gasteiger partial charge in [0.1, 0.15) is 0 Å². The third-order valence-corrected chi connectivity index (χ3v) is 20.7. The summed E-state index contributed by atoms with van der Waals surface area (Å²) in [4.78, 5) is 2.81. The summed E-state index contributed by atoms with van der Waals surface area (Å²) in [7, 11) is 0. The Kier molecular flexibility index (Phi) is 8.73. The van der Waals surface area contributed by atoms with E-state index < -0.39 is 0 Å². The van der Waals surface area contributed by atoms with Crippen molar-refractivity contribution in [3.63, 3.8) is 0 Å². The fourth-order valence-corrected chi connectivity index (χ4v) is 16.4.